The van der Waals surface area contributed by atoms with Crippen molar-refractivity contribution in [2.45, 2.75) is 19.3 Å². The Bertz CT molecular complexity index is 2750. The Labute approximate surface area is 286 Å². The lowest BCUT2D eigenvalue weighted by atomic mass is 9.82. The van der Waals surface area contributed by atoms with Gasteiger partial charge in [0.1, 0.15) is 0 Å². The predicted octanol–water partition coefficient (Wildman–Crippen LogP) is 12.9. The zero-order valence-electron chi connectivity index (χ0n) is 27.6. The molecule has 9 aromatic rings. The van der Waals surface area contributed by atoms with Crippen molar-refractivity contribution in [3.05, 3.63) is 181 Å². The van der Waals surface area contributed by atoms with Crippen molar-refractivity contribution in [3.8, 4) is 16.8 Å². The van der Waals surface area contributed by atoms with Crippen LogP contribution >= 0.6 is 0 Å². The summed E-state index contributed by atoms with van der Waals surface area (Å²) in [6, 6.07) is 62.4. The lowest BCUT2D eigenvalue weighted by molar-refractivity contribution is 0.660. The van der Waals surface area contributed by atoms with Crippen molar-refractivity contribution < 1.29 is 0 Å². The van der Waals surface area contributed by atoms with Crippen molar-refractivity contribution in [1.82, 2.24) is 4.57 Å². The molecule has 0 saturated heterocycles. The third-order valence-electron chi connectivity index (χ3n) is 10.7. The molecule has 0 spiro atoms. The van der Waals surface area contributed by atoms with Crippen molar-refractivity contribution in [2.24, 2.45) is 0 Å². The quantitative estimate of drug-likeness (QED) is 0.189. The second-order valence-corrected chi connectivity index (χ2v) is 13.8. The maximum atomic E-state index is 2.48. The molecule has 0 saturated carbocycles. The summed E-state index contributed by atoms with van der Waals surface area (Å²) >= 11 is 0. The molecule has 10 rings (SSSR count). The summed E-state index contributed by atoms with van der Waals surface area (Å²) in [5.74, 6) is 0. The minimum Gasteiger partial charge on any atom is -0.310 e. The van der Waals surface area contributed by atoms with Crippen LogP contribution in [0.25, 0.3) is 60.2 Å². The SMILES string of the molecule is CC1(C)c2cc(N(c3ccccc3)c3ccc4ccccc4c3)ccc2-c2ccc(-n3c4ccccc4c4ccc5ccccc5c43)cc21. The Kier molecular flexibility index (Phi) is 5.95. The van der Waals surface area contributed by atoms with E-state index in [0.29, 0.717) is 0 Å². The lowest BCUT2D eigenvalue weighted by Crippen LogP contribution is -2.17. The first-order valence-electron chi connectivity index (χ1n) is 17.1. The van der Waals surface area contributed by atoms with E-state index in [2.05, 4.69) is 193 Å². The first-order valence-corrected chi connectivity index (χ1v) is 17.1. The third-order valence-corrected chi connectivity index (χ3v) is 10.7. The molecule has 0 aliphatic heterocycles. The standard InChI is InChI=1S/C47H34N2/c1-47(2)43-29-36(48(34-15-4-3-5-16-34)35-22-20-31-12-6-7-14-33(31)28-35)23-26-39(43)40-27-24-37(30-44(40)47)49-45-19-11-10-18-41(45)42-25-21-32-13-8-9-17-38(32)46(42)49/h3-30H,1-2H3. The molecule has 1 aliphatic rings. The van der Waals surface area contributed by atoms with Gasteiger partial charge in [0.2, 0.25) is 0 Å². The highest BCUT2D eigenvalue weighted by molar-refractivity contribution is 6.18. The molecule has 0 atom stereocenters. The first-order chi connectivity index (χ1) is 24.1. The number of aromatic nitrogens is 1. The minimum atomic E-state index is -0.191. The zero-order chi connectivity index (χ0) is 32.7. The fraction of sp³-hybridized carbons (Fsp3) is 0.0638. The van der Waals surface area contributed by atoms with Crippen molar-refractivity contribution in [2.75, 3.05) is 4.90 Å². The Hall–Kier alpha value is -6.12. The van der Waals surface area contributed by atoms with E-state index in [1.54, 1.807) is 0 Å². The van der Waals surface area contributed by atoms with E-state index in [9.17, 15) is 0 Å². The van der Waals surface area contributed by atoms with Gasteiger partial charge >= 0.3 is 0 Å². The van der Waals surface area contributed by atoms with Gasteiger partial charge in [-0.2, -0.15) is 0 Å². The van der Waals surface area contributed by atoms with E-state index < -0.39 is 0 Å². The van der Waals surface area contributed by atoms with E-state index in [-0.39, 0.29) is 5.41 Å². The van der Waals surface area contributed by atoms with Gasteiger partial charge in [0.05, 0.1) is 11.0 Å². The van der Waals surface area contributed by atoms with Gasteiger partial charge in [-0.25, -0.2) is 0 Å². The van der Waals surface area contributed by atoms with Crippen LogP contribution in [0.2, 0.25) is 0 Å². The van der Waals surface area contributed by atoms with Gasteiger partial charge in [-0.15, -0.1) is 0 Å². The summed E-state index contributed by atoms with van der Waals surface area (Å²) in [7, 11) is 0. The molecule has 1 aliphatic carbocycles. The minimum absolute atomic E-state index is 0.191. The third kappa shape index (κ3) is 4.14. The van der Waals surface area contributed by atoms with Gasteiger partial charge in [-0.1, -0.05) is 129 Å². The van der Waals surface area contributed by atoms with E-state index in [1.807, 2.05) is 0 Å². The Morgan fingerprint density at radius 3 is 1.88 bits per heavy atom. The molecular weight excluding hydrogens is 593 g/mol. The molecular formula is C47H34N2. The lowest BCUT2D eigenvalue weighted by Gasteiger charge is -2.28. The smallest absolute Gasteiger partial charge is 0.0619 e. The molecule has 0 amide bonds. The summed E-state index contributed by atoms with van der Waals surface area (Å²) in [5, 5.41) is 7.59. The van der Waals surface area contributed by atoms with Crippen LogP contribution in [0.3, 0.4) is 0 Å². The summed E-state index contributed by atoms with van der Waals surface area (Å²) in [4.78, 5) is 2.39. The number of fused-ring (bicyclic) bond motifs is 9. The summed E-state index contributed by atoms with van der Waals surface area (Å²) < 4.78 is 2.48. The monoisotopic (exact) mass is 626 g/mol. The molecule has 232 valence electrons. The number of benzene rings is 8. The van der Waals surface area contributed by atoms with Gasteiger partial charge in [0.25, 0.3) is 0 Å². The van der Waals surface area contributed by atoms with Crippen LogP contribution in [0.1, 0.15) is 25.0 Å². The van der Waals surface area contributed by atoms with E-state index in [0.717, 1.165) is 17.1 Å². The number of hydrogen-bond donors (Lipinski definition) is 0. The van der Waals surface area contributed by atoms with Crippen molar-refractivity contribution in [1.29, 1.82) is 0 Å². The van der Waals surface area contributed by atoms with Gasteiger partial charge in [-0.3, -0.25) is 0 Å². The number of hydrogen-bond acceptors (Lipinski definition) is 1. The van der Waals surface area contributed by atoms with Crippen LogP contribution in [0.4, 0.5) is 17.1 Å². The largest absolute Gasteiger partial charge is 0.310 e. The Balaban J connectivity index is 1.14. The summed E-state index contributed by atoms with van der Waals surface area (Å²) in [6.07, 6.45) is 0. The highest BCUT2D eigenvalue weighted by Crippen LogP contribution is 2.52. The molecule has 0 radical (unpaired) electrons. The molecule has 49 heavy (non-hydrogen) atoms. The van der Waals surface area contributed by atoms with Crippen LogP contribution in [0, 0.1) is 0 Å². The van der Waals surface area contributed by atoms with E-state index >= 15 is 0 Å². The van der Waals surface area contributed by atoms with Crippen LogP contribution in [-0.2, 0) is 5.41 Å². The van der Waals surface area contributed by atoms with Gasteiger partial charge < -0.3 is 9.47 Å². The van der Waals surface area contributed by atoms with Gasteiger partial charge in [-0.05, 0) is 93.0 Å². The molecule has 0 N–H and O–H groups in total. The molecule has 2 heteroatoms. The molecule has 1 heterocycles. The highest BCUT2D eigenvalue weighted by atomic mass is 15.1. The second kappa shape index (κ2) is 10.4. The van der Waals surface area contributed by atoms with Crippen LogP contribution in [0.15, 0.2) is 170 Å². The summed E-state index contributed by atoms with van der Waals surface area (Å²) in [5.41, 5.74) is 12.3. The maximum absolute atomic E-state index is 2.48. The second-order valence-electron chi connectivity index (χ2n) is 13.8. The van der Waals surface area contributed by atoms with Crippen LogP contribution in [0.5, 0.6) is 0 Å². The molecule has 2 nitrogen and oxygen atoms in total. The van der Waals surface area contributed by atoms with Gasteiger partial charge in [0.15, 0.2) is 0 Å². The van der Waals surface area contributed by atoms with E-state index in [1.165, 1.54) is 71.3 Å². The average molecular weight is 627 g/mol. The normalized spacial score (nSPS) is 13.3. The number of para-hydroxylation sites is 2. The fourth-order valence-corrected chi connectivity index (χ4v) is 8.33. The first kappa shape index (κ1) is 27.9. The van der Waals surface area contributed by atoms with Crippen molar-refractivity contribution in [3.63, 3.8) is 0 Å². The number of nitrogens with zero attached hydrogens (tertiary/aromatic N) is 2. The number of anilines is 3. The molecule has 1 aromatic heterocycles. The van der Waals surface area contributed by atoms with Crippen LogP contribution < -0.4 is 4.90 Å². The van der Waals surface area contributed by atoms with E-state index in [4.69, 9.17) is 0 Å². The van der Waals surface area contributed by atoms with Gasteiger partial charge in [0, 0.05) is 44.3 Å². The maximum Gasteiger partial charge on any atom is 0.0619 e. The molecule has 0 fully saturated rings. The summed E-state index contributed by atoms with van der Waals surface area (Å²) in [6.45, 7) is 4.77. The fourth-order valence-electron chi connectivity index (χ4n) is 8.33. The molecule has 8 aromatic carbocycles. The Morgan fingerprint density at radius 2 is 1.04 bits per heavy atom. The topological polar surface area (TPSA) is 8.17 Å². The zero-order valence-corrected chi connectivity index (χ0v) is 27.6. The van der Waals surface area contributed by atoms with Crippen LogP contribution in [-0.4, -0.2) is 4.57 Å². The highest BCUT2D eigenvalue weighted by Gasteiger charge is 2.36. The average Bonchev–Trinajstić information content (AvgIpc) is 3.61. The molecule has 0 unspecified atom stereocenters. The molecule has 0 bridgehead atoms. The predicted molar refractivity (Wildman–Crippen MR) is 208 cm³/mol. The Morgan fingerprint density at radius 1 is 0.429 bits per heavy atom. The van der Waals surface area contributed by atoms with Crippen molar-refractivity contribution >= 4 is 60.4 Å². The number of rotatable bonds is 4.